The number of unbranched alkanes of at least 4 members (excludes halogenated alkanes) is 2. The summed E-state index contributed by atoms with van der Waals surface area (Å²) in [7, 11) is 1.46. The van der Waals surface area contributed by atoms with E-state index in [9.17, 15) is 20.2 Å². The maximum Gasteiger partial charge on any atom is 0.299 e. The number of nitrogens with zero attached hydrogens (tertiary/aromatic N) is 2. The highest BCUT2D eigenvalue weighted by molar-refractivity contribution is 5.72. The number of non-ortho nitro benzene ring substituents is 1. The number of nitro groups is 2. The molecule has 0 saturated heterocycles. The van der Waals surface area contributed by atoms with Gasteiger partial charge in [-0.05, 0) is 18.9 Å². The third-order valence-electron chi connectivity index (χ3n) is 3.03. The fourth-order valence-electron chi connectivity index (χ4n) is 1.85. The van der Waals surface area contributed by atoms with E-state index in [1.165, 1.54) is 19.2 Å². The van der Waals surface area contributed by atoms with Crippen LogP contribution < -0.4 is 5.32 Å². The number of anilines is 1. The van der Waals surface area contributed by atoms with Crippen LogP contribution in [0.4, 0.5) is 17.1 Å². The molecule has 0 spiro atoms. The molecule has 0 amide bonds. The fourth-order valence-corrected chi connectivity index (χ4v) is 1.85. The summed E-state index contributed by atoms with van der Waals surface area (Å²) in [6.45, 7) is 0.513. The maximum absolute atomic E-state index is 10.9. The highest BCUT2D eigenvalue weighted by atomic mass is 16.6. The molecule has 0 unspecified atom stereocenters. The summed E-state index contributed by atoms with van der Waals surface area (Å²) < 4.78 is 4.74. The molecule has 22 heavy (non-hydrogen) atoms. The van der Waals surface area contributed by atoms with Gasteiger partial charge in [0.2, 0.25) is 0 Å². The molecule has 9 heteroatoms. The molecular formula is C13H18N4O5. The fraction of sp³-hybridized carbons (Fsp3) is 0.462. The minimum atomic E-state index is -0.665. The van der Waals surface area contributed by atoms with Crippen molar-refractivity contribution in [3.8, 4) is 0 Å². The summed E-state index contributed by atoms with van der Waals surface area (Å²) in [5, 5.41) is 31.8. The molecule has 1 aromatic rings. The Morgan fingerprint density at radius 2 is 1.95 bits per heavy atom. The van der Waals surface area contributed by atoms with Gasteiger partial charge in [-0.3, -0.25) is 25.6 Å². The second-order valence-electron chi connectivity index (χ2n) is 4.58. The molecule has 1 rings (SSSR count). The lowest BCUT2D eigenvalue weighted by Crippen LogP contribution is -2.05. The Morgan fingerprint density at radius 1 is 1.23 bits per heavy atom. The van der Waals surface area contributed by atoms with Gasteiger partial charge in [0, 0.05) is 19.0 Å². The molecule has 0 aliphatic heterocycles. The van der Waals surface area contributed by atoms with Crippen LogP contribution in [0.25, 0.3) is 0 Å². The van der Waals surface area contributed by atoms with Gasteiger partial charge in [0.25, 0.3) is 11.4 Å². The molecule has 0 heterocycles. The van der Waals surface area contributed by atoms with Crippen molar-refractivity contribution in [1.82, 2.24) is 0 Å². The molecule has 0 atom stereocenters. The van der Waals surface area contributed by atoms with E-state index in [1.54, 1.807) is 0 Å². The Hall–Kier alpha value is -2.71. The van der Waals surface area contributed by atoms with Gasteiger partial charge in [0.05, 0.1) is 23.0 Å². The summed E-state index contributed by atoms with van der Waals surface area (Å²) >= 11 is 0. The average Bonchev–Trinajstić information content (AvgIpc) is 2.50. The molecule has 0 aliphatic carbocycles. The topological polar surface area (TPSA) is 131 Å². The minimum absolute atomic E-state index is 0.235. The van der Waals surface area contributed by atoms with Gasteiger partial charge in [0.15, 0.2) is 5.90 Å². The molecule has 120 valence electrons. The number of benzene rings is 1. The van der Waals surface area contributed by atoms with E-state index in [0.717, 1.165) is 25.3 Å². The van der Waals surface area contributed by atoms with Crippen LogP contribution in [0.15, 0.2) is 18.2 Å². The summed E-state index contributed by atoms with van der Waals surface area (Å²) in [6, 6.07) is 3.52. The van der Waals surface area contributed by atoms with Gasteiger partial charge in [-0.25, -0.2) is 0 Å². The zero-order valence-corrected chi connectivity index (χ0v) is 12.2. The average molecular weight is 310 g/mol. The van der Waals surface area contributed by atoms with E-state index in [-0.39, 0.29) is 23.0 Å². The van der Waals surface area contributed by atoms with E-state index in [0.29, 0.717) is 13.0 Å². The number of nitro benzene ring substituents is 2. The van der Waals surface area contributed by atoms with Gasteiger partial charge in [-0.1, -0.05) is 6.42 Å². The Labute approximate surface area is 127 Å². The predicted octanol–water partition coefficient (Wildman–Crippen LogP) is 3.10. The van der Waals surface area contributed by atoms with E-state index >= 15 is 0 Å². The number of nitrogens with one attached hydrogen (secondary N) is 2. The number of hydrogen-bond donors (Lipinski definition) is 2. The van der Waals surface area contributed by atoms with Gasteiger partial charge in [-0.2, -0.15) is 0 Å². The number of hydrogen-bond acceptors (Lipinski definition) is 7. The number of ether oxygens (including phenoxy) is 1. The Morgan fingerprint density at radius 3 is 2.55 bits per heavy atom. The SMILES string of the molecule is COC(=N)CCCCCNc1ccc([N+](=O)[O-])cc1[N+](=O)[O-]. The number of rotatable bonds is 9. The first-order valence-corrected chi connectivity index (χ1v) is 6.74. The monoisotopic (exact) mass is 310 g/mol. The van der Waals surface area contributed by atoms with E-state index in [1.807, 2.05) is 0 Å². The summed E-state index contributed by atoms with van der Waals surface area (Å²) in [5.41, 5.74) is -0.356. The van der Waals surface area contributed by atoms with Crippen molar-refractivity contribution in [3.63, 3.8) is 0 Å². The second kappa shape index (κ2) is 8.55. The summed E-state index contributed by atoms with van der Waals surface area (Å²) in [6.07, 6.45) is 2.98. The molecule has 0 radical (unpaired) electrons. The quantitative estimate of drug-likeness (QED) is 0.237. The lowest BCUT2D eigenvalue weighted by Gasteiger charge is -2.07. The lowest BCUT2D eigenvalue weighted by atomic mass is 10.2. The molecule has 1 aromatic carbocycles. The molecule has 0 fully saturated rings. The van der Waals surface area contributed by atoms with E-state index in [2.05, 4.69) is 5.32 Å². The smallest absolute Gasteiger partial charge is 0.299 e. The summed E-state index contributed by atoms with van der Waals surface area (Å²) in [5.74, 6) is 0.235. The minimum Gasteiger partial charge on any atom is -0.484 e. The predicted molar refractivity (Wildman–Crippen MR) is 81.4 cm³/mol. The van der Waals surface area contributed by atoms with Crippen molar-refractivity contribution in [3.05, 3.63) is 38.4 Å². The molecule has 0 saturated carbocycles. The Kier molecular flexibility index (Phi) is 6.74. The van der Waals surface area contributed by atoms with E-state index < -0.39 is 9.85 Å². The highest BCUT2D eigenvalue weighted by Crippen LogP contribution is 2.28. The van der Waals surface area contributed by atoms with Crippen LogP contribution in [0.3, 0.4) is 0 Å². The van der Waals surface area contributed by atoms with Crippen molar-refractivity contribution in [2.75, 3.05) is 19.0 Å². The van der Waals surface area contributed by atoms with Crippen LogP contribution in [-0.4, -0.2) is 29.4 Å². The largest absolute Gasteiger partial charge is 0.484 e. The van der Waals surface area contributed by atoms with Crippen molar-refractivity contribution < 1.29 is 14.6 Å². The zero-order chi connectivity index (χ0) is 16.5. The zero-order valence-electron chi connectivity index (χ0n) is 12.2. The van der Waals surface area contributed by atoms with Gasteiger partial charge in [0.1, 0.15) is 5.69 Å². The first-order valence-electron chi connectivity index (χ1n) is 6.74. The maximum atomic E-state index is 10.9. The second-order valence-corrected chi connectivity index (χ2v) is 4.58. The van der Waals surface area contributed by atoms with Crippen molar-refractivity contribution in [1.29, 1.82) is 5.41 Å². The van der Waals surface area contributed by atoms with Crippen molar-refractivity contribution >= 4 is 23.0 Å². The lowest BCUT2D eigenvalue weighted by molar-refractivity contribution is -0.393. The van der Waals surface area contributed by atoms with Crippen LogP contribution >= 0.6 is 0 Å². The normalized spacial score (nSPS) is 10.0. The van der Waals surface area contributed by atoms with E-state index in [4.69, 9.17) is 10.1 Å². The first kappa shape index (κ1) is 17.3. The summed E-state index contributed by atoms with van der Waals surface area (Å²) in [4.78, 5) is 20.3. The van der Waals surface area contributed by atoms with Crippen molar-refractivity contribution in [2.45, 2.75) is 25.7 Å². The molecule has 9 nitrogen and oxygen atoms in total. The number of methoxy groups -OCH3 is 1. The van der Waals surface area contributed by atoms with Crippen LogP contribution in [0.5, 0.6) is 0 Å². The van der Waals surface area contributed by atoms with Crippen LogP contribution in [0, 0.1) is 25.6 Å². The Balaban J connectivity index is 2.50. The van der Waals surface area contributed by atoms with Crippen molar-refractivity contribution in [2.24, 2.45) is 0 Å². The molecular weight excluding hydrogens is 292 g/mol. The van der Waals surface area contributed by atoms with Gasteiger partial charge in [-0.15, -0.1) is 0 Å². The third-order valence-corrected chi connectivity index (χ3v) is 3.03. The molecule has 2 N–H and O–H groups in total. The van der Waals surface area contributed by atoms with Gasteiger partial charge < -0.3 is 10.1 Å². The Bertz CT molecular complexity index is 561. The van der Waals surface area contributed by atoms with Crippen LogP contribution in [0.2, 0.25) is 0 Å². The molecule has 0 aromatic heterocycles. The highest BCUT2D eigenvalue weighted by Gasteiger charge is 2.18. The third kappa shape index (κ3) is 5.35. The van der Waals surface area contributed by atoms with Crippen LogP contribution in [-0.2, 0) is 4.74 Å². The standard InChI is InChI=1S/C13H18N4O5/c1-22-13(14)5-3-2-4-8-15-11-7-6-10(16(18)19)9-12(11)17(20)21/h6-7,9,14-15H,2-5,8H2,1H3. The molecule has 0 aliphatic rings. The molecule has 0 bridgehead atoms. The van der Waals surface area contributed by atoms with Crippen LogP contribution in [0.1, 0.15) is 25.7 Å². The first-order chi connectivity index (χ1) is 10.5. The van der Waals surface area contributed by atoms with Gasteiger partial charge >= 0.3 is 0 Å².